The molecule has 8 heteroatoms. The third-order valence-electron chi connectivity index (χ3n) is 8.24. The average Bonchev–Trinajstić information content (AvgIpc) is 2.99. The van der Waals surface area contributed by atoms with Crippen LogP contribution < -0.4 is 5.32 Å². The molecule has 2 atom stereocenters. The van der Waals surface area contributed by atoms with E-state index in [1.165, 1.54) is 43.4 Å². The van der Waals surface area contributed by atoms with Crippen LogP contribution in [0.4, 0.5) is 0 Å². The summed E-state index contributed by atoms with van der Waals surface area (Å²) in [6.45, 7) is 3.04. The van der Waals surface area contributed by atoms with Gasteiger partial charge in [-0.3, -0.25) is 9.59 Å². The summed E-state index contributed by atoms with van der Waals surface area (Å²) < 4.78 is 23.9. The Morgan fingerprint density at radius 1 is 1.03 bits per heavy atom. The smallest absolute Gasteiger partial charge is 0.312 e. The number of rotatable bonds is 6. The Morgan fingerprint density at radius 3 is 2.07 bits per heavy atom. The van der Waals surface area contributed by atoms with Crippen molar-refractivity contribution in [3.8, 4) is 0 Å². The van der Waals surface area contributed by atoms with E-state index in [1.54, 1.807) is 0 Å². The first-order chi connectivity index (χ1) is 14.1. The van der Waals surface area contributed by atoms with Gasteiger partial charge in [0, 0.05) is 25.2 Å². The fourth-order valence-corrected chi connectivity index (χ4v) is 8.76. The first-order valence-electron chi connectivity index (χ1n) is 11.5. The molecule has 5 fully saturated rings. The summed E-state index contributed by atoms with van der Waals surface area (Å²) >= 11 is 0. The van der Waals surface area contributed by atoms with Crippen LogP contribution in [0.2, 0.25) is 0 Å². The summed E-state index contributed by atoms with van der Waals surface area (Å²) in [6.07, 6.45) is 7.94. The molecule has 4 aliphatic carbocycles. The van der Waals surface area contributed by atoms with Gasteiger partial charge in [0.1, 0.15) is 0 Å². The van der Waals surface area contributed by atoms with E-state index in [2.05, 4.69) is 12.2 Å². The van der Waals surface area contributed by atoms with Crippen molar-refractivity contribution in [3.63, 3.8) is 0 Å². The first-order valence-corrected chi connectivity index (χ1v) is 13.4. The van der Waals surface area contributed by atoms with Gasteiger partial charge in [0.15, 0.2) is 9.84 Å². The number of sulfone groups is 1. The lowest BCUT2D eigenvalue weighted by molar-refractivity contribution is -0.149. The van der Waals surface area contributed by atoms with Crippen molar-refractivity contribution in [2.75, 3.05) is 38.7 Å². The van der Waals surface area contributed by atoms with Gasteiger partial charge in [-0.2, -0.15) is 0 Å². The van der Waals surface area contributed by atoms with E-state index in [1.807, 2.05) is 19.0 Å². The highest BCUT2D eigenvalue weighted by Crippen LogP contribution is 2.61. The molecule has 30 heavy (non-hydrogen) atoms. The zero-order valence-electron chi connectivity index (χ0n) is 18.6. The Kier molecular flexibility index (Phi) is 5.94. The number of carbonyl (C=O) groups excluding carboxylic acids is 2. The average molecular weight is 440 g/mol. The highest BCUT2D eigenvalue weighted by atomic mass is 32.2. The third kappa shape index (κ3) is 4.40. The Hall–Kier alpha value is -1.15. The largest absolute Gasteiger partial charge is 0.345 e. The van der Waals surface area contributed by atoms with Crippen LogP contribution in [0, 0.1) is 23.2 Å². The van der Waals surface area contributed by atoms with Crippen LogP contribution >= 0.6 is 0 Å². The molecule has 0 aromatic rings. The predicted molar refractivity (Wildman–Crippen MR) is 116 cm³/mol. The van der Waals surface area contributed by atoms with Gasteiger partial charge in [-0.1, -0.05) is 0 Å². The molecule has 170 valence electrons. The summed E-state index contributed by atoms with van der Waals surface area (Å²) in [7, 11) is 0.681. The second-order valence-electron chi connectivity index (χ2n) is 10.8. The van der Waals surface area contributed by atoms with Gasteiger partial charge in [-0.05, 0) is 89.1 Å². The monoisotopic (exact) mass is 439 g/mol. The van der Waals surface area contributed by atoms with Crippen LogP contribution in [0.5, 0.6) is 0 Å². The minimum absolute atomic E-state index is 0.0228. The maximum absolute atomic E-state index is 13.1. The van der Waals surface area contributed by atoms with Crippen molar-refractivity contribution < 1.29 is 18.0 Å². The number of amides is 2. The van der Waals surface area contributed by atoms with E-state index in [-0.39, 0.29) is 23.0 Å². The van der Waals surface area contributed by atoms with Crippen molar-refractivity contribution in [1.82, 2.24) is 15.1 Å². The van der Waals surface area contributed by atoms with E-state index < -0.39 is 27.7 Å². The quantitative estimate of drug-likeness (QED) is 0.630. The summed E-state index contributed by atoms with van der Waals surface area (Å²) in [5, 5.41) is 3.06. The van der Waals surface area contributed by atoms with E-state index in [4.69, 9.17) is 0 Å². The summed E-state index contributed by atoms with van der Waals surface area (Å²) in [5.74, 6) is 1.26. The SMILES string of the molecule is CC(NC(=O)C(=O)N(CCN(C)C)C1CCS(=O)(=O)C1)C12CC3CC(CC(C3)C1)C2. The fraction of sp³-hybridized carbons (Fsp3) is 0.909. The Bertz CT molecular complexity index is 759. The van der Waals surface area contributed by atoms with Crippen LogP contribution in [0.15, 0.2) is 0 Å². The normalized spacial score (nSPS) is 37.3. The number of nitrogens with one attached hydrogen (secondary N) is 1. The van der Waals surface area contributed by atoms with Crippen LogP contribution in [0.1, 0.15) is 51.9 Å². The summed E-state index contributed by atoms with van der Waals surface area (Å²) in [6, 6.07) is -0.423. The second-order valence-corrected chi connectivity index (χ2v) is 13.1. The second kappa shape index (κ2) is 8.08. The van der Waals surface area contributed by atoms with Crippen molar-refractivity contribution >= 4 is 21.7 Å². The molecule has 5 rings (SSSR count). The van der Waals surface area contributed by atoms with Crippen LogP contribution in [0.3, 0.4) is 0 Å². The molecule has 1 N–H and O–H groups in total. The number of carbonyl (C=O) groups is 2. The number of likely N-dealkylation sites (N-methyl/N-ethyl adjacent to an activating group) is 1. The Balaban J connectivity index is 1.43. The molecule has 0 aromatic carbocycles. The molecular formula is C22H37N3O4S. The van der Waals surface area contributed by atoms with E-state index in [9.17, 15) is 18.0 Å². The first kappa shape index (κ1) is 22.1. The predicted octanol–water partition coefficient (Wildman–Crippen LogP) is 1.28. The lowest BCUT2D eigenvalue weighted by atomic mass is 9.48. The minimum atomic E-state index is -3.13. The van der Waals surface area contributed by atoms with Crippen molar-refractivity contribution in [1.29, 1.82) is 0 Å². The fourth-order valence-electron chi connectivity index (χ4n) is 7.03. The van der Waals surface area contributed by atoms with Gasteiger partial charge < -0.3 is 15.1 Å². The molecule has 5 aliphatic rings. The molecular weight excluding hydrogens is 402 g/mol. The summed E-state index contributed by atoms with van der Waals surface area (Å²) in [4.78, 5) is 29.6. The number of nitrogens with zero attached hydrogens (tertiary/aromatic N) is 2. The molecule has 7 nitrogen and oxygen atoms in total. The van der Waals surface area contributed by atoms with E-state index in [0.29, 0.717) is 19.5 Å². The molecule has 1 heterocycles. The molecule has 0 aromatic heterocycles. The standard InChI is InChI=1S/C22H37N3O4S/c1-15(22-11-16-8-17(12-22)10-18(9-16)13-22)23-20(26)21(27)25(6-5-24(2)3)19-4-7-30(28,29)14-19/h15-19H,4-14H2,1-3H3,(H,23,26). The maximum atomic E-state index is 13.1. The van der Waals surface area contributed by atoms with Gasteiger partial charge in [0.25, 0.3) is 0 Å². The van der Waals surface area contributed by atoms with Crippen LogP contribution in [-0.2, 0) is 19.4 Å². The molecule has 2 amide bonds. The van der Waals surface area contributed by atoms with Crippen molar-refractivity contribution in [2.45, 2.75) is 64.0 Å². The molecule has 2 unspecified atom stereocenters. The lowest BCUT2D eigenvalue weighted by Gasteiger charge is -2.59. The van der Waals surface area contributed by atoms with Gasteiger partial charge in [0.05, 0.1) is 11.5 Å². The third-order valence-corrected chi connectivity index (χ3v) is 9.99. The number of hydrogen-bond donors (Lipinski definition) is 1. The molecule has 1 aliphatic heterocycles. The zero-order valence-corrected chi connectivity index (χ0v) is 19.4. The van der Waals surface area contributed by atoms with Gasteiger partial charge in [-0.15, -0.1) is 0 Å². The number of hydrogen-bond acceptors (Lipinski definition) is 5. The summed E-state index contributed by atoms with van der Waals surface area (Å²) in [5.41, 5.74) is 0.135. The lowest BCUT2D eigenvalue weighted by Crippen LogP contribution is -2.58. The van der Waals surface area contributed by atoms with Gasteiger partial charge >= 0.3 is 11.8 Å². The Labute approximate surface area is 180 Å². The molecule has 0 spiro atoms. The zero-order chi connectivity index (χ0) is 21.7. The molecule has 0 radical (unpaired) electrons. The van der Waals surface area contributed by atoms with E-state index >= 15 is 0 Å². The maximum Gasteiger partial charge on any atom is 0.312 e. The highest BCUT2D eigenvalue weighted by molar-refractivity contribution is 7.91. The molecule has 4 bridgehead atoms. The van der Waals surface area contributed by atoms with Crippen LogP contribution in [-0.4, -0.2) is 80.8 Å². The van der Waals surface area contributed by atoms with E-state index in [0.717, 1.165) is 17.8 Å². The minimum Gasteiger partial charge on any atom is -0.345 e. The van der Waals surface area contributed by atoms with Crippen LogP contribution in [0.25, 0.3) is 0 Å². The van der Waals surface area contributed by atoms with Crippen molar-refractivity contribution in [3.05, 3.63) is 0 Å². The van der Waals surface area contributed by atoms with Gasteiger partial charge in [0.2, 0.25) is 0 Å². The molecule has 4 saturated carbocycles. The Morgan fingerprint density at radius 2 is 1.60 bits per heavy atom. The van der Waals surface area contributed by atoms with Crippen molar-refractivity contribution in [2.24, 2.45) is 23.2 Å². The van der Waals surface area contributed by atoms with Gasteiger partial charge in [-0.25, -0.2) is 8.42 Å². The topological polar surface area (TPSA) is 86.8 Å². The highest BCUT2D eigenvalue weighted by Gasteiger charge is 2.53. The molecule has 1 saturated heterocycles.